The average molecular weight is 224 g/mol. The zero-order chi connectivity index (χ0) is 12.3. The van der Waals surface area contributed by atoms with Gasteiger partial charge in [0, 0.05) is 26.8 Å². The number of aryl methyl sites for hydroxylation is 1. The van der Waals surface area contributed by atoms with E-state index in [-0.39, 0.29) is 11.3 Å². The van der Waals surface area contributed by atoms with Gasteiger partial charge in [-0.3, -0.25) is 9.48 Å². The zero-order valence-electron chi connectivity index (χ0n) is 10.4. The van der Waals surface area contributed by atoms with Crippen LogP contribution >= 0.6 is 0 Å². The fraction of sp³-hybridized carbons (Fsp3) is 0.636. The number of aromatic nitrogens is 2. The van der Waals surface area contributed by atoms with Crippen LogP contribution in [0.4, 0.5) is 0 Å². The first-order chi connectivity index (χ1) is 7.35. The van der Waals surface area contributed by atoms with Gasteiger partial charge in [0.15, 0.2) is 0 Å². The van der Waals surface area contributed by atoms with Gasteiger partial charge in [-0.1, -0.05) is 13.8 Å². The standard InChI is InChI=1S/C11H20N4O/c1-11(2,7-12)8-14(3)10(16)9-5-6-15(4)13-9/h5-6H,7-8,12H2,1-4H3. The molecule has 0 bridgehead atoms. The van der Waals surface area contributed by atoms with E-state index in [1.165, 1.54) is 0 Å². The quantitative estimate of drug-likeness (QED) is 0.809. The van der Waals surface area contributed by atoms with Gasteiger partial charge in [0.1, 0.15) is 5.69 Å². The Labute approximate surface area is 96.2 Å². The molecule has 0 unspecified atom stereocenters. The highest BCUT2D eigenvalue weighted by Gasteiger charge is 2.22. The number of rotatable bonds is 4. The SMILES string of the molecule is CN(CC(C)(C)CN)C(=O)c1ccn(C)n1. The maximum Gasteiger partial charge on any atom is 0.274 e. The Morgan fingerprint density at radius 1 is 1.62 bits per heavy atom. The number of hydrogen-bond acceptors (Lipinski definition) is 3. The number of amides is 1. The molecular formula is C11H20N4O. The lowest BCUT2D eigenvalue weighted by Crippen LogP contribution is -2.39. The fourth-order valence-corrected chi connectivity index (χ4v) is 1.50. The predicted molar refractivity (Wildman–Crippen MR) is 63.0 cm³/mol. The van der Waals surface area contributed by atoms with Crippen molar-refractivity contribution in [2.45, 2.75) is 13.8 Å². The number of carbonyl (C=O) groups excluding carboxylic acids is 1. The van der Waals surface area contributed by atoms with Crippen molar-refractivity contribution in [3.05, 3.63) is 18.0 Å². The van der Waals surface area contributed by atoms with Gasteiger partial charge in [0.05, 0.1) is 0 Å². The topological polar surface area (TPSA) is 64.2 Å². The highest BCUT2D eigenvalue weighted by Crippen LogP contribution is 2.15. The lowest BCUT2D eigenvalue weighted by molar-refractivity contribution is 0.0734. The van der Waals surface area contributed by atoms with E-state index < -0.39 is 0 Å². The van der Waals surface area contributed by atoms with Gasteiger partial charge in [-0.15, -0.1) is 0 Å². The molecule has 0 aliphatic heterocycles. The molecule has 90 valence electrons. The summed E-state index contributed by atoms with van der Waals surface area (Å²) >= 11 is 0. The van der Waals surface area contributed by atoms with Crippen molar-refractivity contribution in [2.24, 2.45) is 18.2 Å². The Bertz CT molecular complexity index is 370. The fourth-order valence-electron chi connectivity index (χ4n) is 1.50. The molecule has 0 aliphatic rings. The largest absolute Gasteiger partial charge is 0.340 e. The summed E-state index contributed by atoms with van der Waals surface area (Å²) in [5, 5.41) is 4.08. The summed E-state index contributed by atoms with van der Waals surface area (Å²) in [5.74, 6) is -0.0675. The molecule has 0 aliphatic carbocycles. The molecule has 0 radical (unpaired) electrons. The first-order valence-corrected chi connectivity index (χ1v) is 5.31. The van der Waals surface area contributed by atoms with Crippen LogP contribution in [0.5, 0.6) is 0 Å². The van der Waals surface area contributed by atoms with Gasteiger partial charge in [-0.05, 0) is 18.0 Å². The van der Waals surface area contributed by atoms with Crippen molar-refractivity contribution in [1.82, 2.24) is 14.7 Å². The molecule has 1 aromatic rings. The summed E-state index contributed by atoms with van der Waals surface area (Å²) < 4.78 is 1.62. The van der Waals surface area contributed by atoms with Gasteiger partial charge < -0.3 is 10.6 Å². The lowest BCUT2D eigenvalue weighted by atomic mass is 9.93. The molecule has 5 nitrogen and oxygen atoms in total. The minimum Gasteiger partial charge on any atom is -0.340 e. The molecule has 2 N–H and O–H groups in total. The molecule has 1 amide bonds. The molecular weight excluding hydrogens is 204 g/mol. The lowest BCUT2D eigenvalue weighted by Gasteiger charge is -2.28. The Kier molecular flexibility index (Phi) is 3.70. The van der Waals surface area contributed by atoms with Crippen LogP contribution in [0.1, 0.15) is 24.3 Å². The maximum atomic E-state index is 12.0. The number of hydrogen-bond donors (Lipinski definition) is 1. The van der Waals surface area contributed by atoms with Crippen molar-refractivity contribution >= 4 is 5.91 Å². The normalized spacial score (nSPS) is 11.6. The molecule has 16 heavy (non-hydrogen) atoms. The van der Waals surface area contributed by atoms with Crippen molar-refractivity contribution in [1.29, 1.82) is 0 Å². The van der Waals surface area contributed by atoms with E-state index in [1.807, 2.05) is 13.8 Å². The molecule has 0 spiro atoms. The number of nitrogens with zero attached hydrogens (tertiary/aromatic N) is 3. The van der Waals surface area contributed by atoms with Gasteiger partial charge in [-0.2, -0.15) is 5.10 Å². The van der Waals surface area contributed by atoms with Gasteiger partial charge in [0.2, 0.25) is 0 Å². The third-order valence-corrected chi connectivity index (χ3v) is 2.50. The van der Waals surface area contributed by atoms with E-state index in [1.54, 1.807) is 35.9 Å². The molecule has 5 heteroatoms. The first kappa shape index (κ1) is 12.7. The van der Waals surface area contributed by atoms with E-state index >= 15 is 0 Å². The second kappa shape index (κ2) is 4.65. The summed E-state index contributed by atoms with van der Waals surface area (Å²) in [7, 11) is 3.56. The Hall–Kier alpha value is -1.36. The van der Waals surface area contributed by atoms with Crippen molar-refractivity contribution in [3.8, 4) is 0 Å². The predicted octanol–water partition coefficient (Wildman–Crippen LogP) is 0.477. The van der Waals surface area contributed by atoms with Gasteiger partial charge >= 0.3 is 0 Å². The summed E-state index contributed by atoms with van der Waals surface area (Å²) in [6.45, 7) is 5.25. The monoisotopic (exact) mass is 224 g/mol. The minimum atomic E-state index is -0.0702. The van der Waals surface area contributed by atoms with E-state index in [9.17, 15) is 4.79 Å². The van der Waals surface area contributed by atoms with Crippen LogP contribution in [0, 0.1) is 5.41 Å². The zero-order valence-corrected chi connectivity index (χ0v) is 10.4. The van der Waals surface area contributed by atoms with E-state index in [2.05, 4.69) is 5.10 Å². The minimum absolute atomic E-state index is 0.0675. The van der Waals surface area contributed by atoms with Crippen molar-refractivity contribution < 1.29 is 4.79 Å². The highest BCUT2D eigenvalue weighted by atomic mass is 16.2. The second-order valence-electron chi connectivity index (χ2n) is 4.90. The van der Waals surface area contributed by atoms with Crippen LogP contribution in [0.3, 0.4) is 0 Å². The third-order valence-electron chi connectivity index (χ3n) is 2.50. The molecule has 0 aromatic carbocycles. The number of nitrogens with two attached hydrogens (primary N) is 1. The summed E-state index contributed by atoms with van der Waals surface area (Å²) in [4.78, 5) is 13.6. The Balaban J connectivity index is 2.68. The van der Waals surface area contributed by atoms with Crippen LogP contribution in [0.25, 0.3) is 0 Å². The molecule has 0 saturated heterocycles. The summed E-state index contributed by atoms with van der Waals surface area (Å²) in [6.07, 6.45) is 1.76. The molecule has 1 rings (SSSR count). The summed E-state index contributed by atoms with van der Waals surface area (Å²) in [6, 6.07) is 1.72. The molecule has 0 saturated carbocycles. The first-order valence-electron chi connectivity index (χ1n) is 5.31. The van der Waals surface area contributed by atoms with Crippen molar-refractivity contribution in [2.75, 3.05) is 20.1 Å². The summed E-state index contributed by atoms with van der Waals surface area (Å²) in [5.41, 5.74) is 6.04. The molecule has 1 heterocycles. The van der Waals surface area contributed by atoms with E-state index in [0.29, 0.717) is 18.8 Å². The smallest absolute Gasteiger partial charge is 0.274 e. The highest BCUT2D eigenvalue weighted by molar-refractivity contribution is 5.92. The third kappa shape index (κ3) is 3.06. The Morgan fingerprint density at radius 3 is 2.69 bits per heavy atom. The van der Waals surface area contributed by atoms with Crippen LogP contribution in [-0.2, 0) is 7.05 Å². The van der Waals surface area contributed by atoms with Crippen LogP contribution in [0.2, 0.25) is 0 Å². The van der Waals surface area contributed by atoms with Gasteiger partial charge in [-0.25, -0.2) is 0 Å². The Morgan fingerprint density at radius 2 is 2.25 bits per heavy atom. The van der Waals surface area contributed by atoms with Gasteiger partial charge in [0.25, 0.3) is 5.91 Å². The number of carbonyl (C=O) groups is 1. The van der Waals surface area contributed by atoms with Crippen molar-refractivity contribution in [3.63, 3.8) is 0 Å². The molecule has 1 aromatic heterocycles. The average Bonchev–Trinajstić information content (AvgIpc) is 2.63. The van der Waals surface area contributed by atoms with E-state index in [0.717, 1.165) is 0 Å². The van der Waals surface area contributed by atoms with Crippen LogP contribution in [0.15, 0.2) is 12.3 Å². The van der Waals surface area contributed by atoms with Crippen LogP contribution in [-0.4, -0.2) is 40.7 Å². The second-order valence-corrected chi connectivity index (χ2v) is 4.90. The van der Waals surface area contributed by atoms with E-state index in [4.69, 9.17) is 5.73 Å². The van der Waals surface area contributed by atoms with Crippen LogP contribution < -0.4 is 5.73 Å². The molecule has 0 atom stereocenters. The maximum absolute atomic E-state index is 12.0. The molecule has 0 fully saturated rings.